The molecule has 3 rings (SSSR count). The smallest absolute Gasteiger partial charge is 0.205 e. The predicted molar refractivity (Wildman–Crippen MR) is 94.9 cm³/mol. The largest absolute Gasteiger partial charge is 0.306 e. The molecule has 0 spiro atoms. The van der Waals surface area contributed by atoms with Gasteiger partial charge in [0.15, 0.2) is 0 Å². The lowest BCUT2D eigenvalue weighted by Crippen LogP contribution is -2.23. The van der Waals surface area contributed by atoms with Crippen molar-refractivity contribution in [2.45, 2.75) is 6.42 Å². The Hall–Kier alpha value is -2.44. The van der Waals surface area contributed by atoms with Crippen LogP contribution in [-0.4, -0.2) is 5.52 Å². The highest BCUT2D eigenvalue weighted by atomic mass is 31.2. The normalized spacial score (nSPS) is 11.1. The van der Waals surface area contributed by atoms with Crippen molar-refractivity contribution in [3.8, 4) is 0 Å². The molecule has 0 aromatic heterocycles. The molecule has 0 amide bonds. The van der Waals surface area contributed by atoms with Gasteiger partial charge in [0, 0.05) is 17.0 Å². The first-order valence-electron chi connectivity index (χ1n) is 7.50. The number of hydrogen-bond acceptors (Lipinski definition) is 2. The summed E-state index contributed by atoms with van der Waals surface area (Å²) in [6.07, 6.45) is 0.169. The summed E-state index contributed by atoms with van der Waals surface area (Å²) in [6.45, 7) is 0. The summed E-state index contributed by atoms with van der Waals surface area (Å²) in [5.74, 6) is 0. The molecule has 0 saturated carbocycles. The maximum atomic E-state index is 13.8. The second kappa shape index (κ2) is 6.76. The van der Waals surface area contributed by atoms with Crippen molar-refractivity contribution < 1.29 is 9.36 Å². The van der Waals surface area contributed by atoms with Crippen LogP contribution in [-0.2, 0) is 15.8 Å². The van der Waals surface area contributed by atoms with Gasteiger partial charge in [0.05, 0.1) is 0 Å². The van der Waals surface area contributed by atoms with Gasteiger partial charge >= 0.3 is 0 Å². The molecule has 3 heteroatoms. The second-order valence-corrected chi connectivity index (χ2v) is 8.09. The van der Waals surface area contributed by atoms with E-state index in [-0.39, 0.29) is 11.9 Å². The van der Waals surface area contributed by atoms with E-state index in [9.17, 15) is 9.36 Å². The van der Waals surface area contributed by atoms with Crippen LogP contribution in [0.3, 0.4) is 0 Å². The molecule has 0 fully saturated rings. The molecule has 3 aromatic carbocycles. The molecule has 114 valence electrons. The van der Waals surface area contributed by atoms with Crippen LogP contribution in [0.5, 0.6) is 0 Å². The topological polar surface area (TPSA) is 34.1 Å². The quantitative estimate of drug-likeness (QED) is 0.671. The van der Waals surface area contributed by atoms with Gasteiger partial charge in [0.2, 0.25) is 12.7 Å². The Morgan fingerprint density at radius 1 is 0.652 bits per heavy atom. The minimum atomic E-state index is -3.32. The van der Waals surface area contributed by atoms with Crippen molar-refractivity contribution >= 4 is 23.3 Å². The summed E-state index contributed by atoms with van der Waals surface area (Å²) in [4.78, 5) is 13.0. The summed E-state index contributed by atoms with van der Waals surface area (Å²) >= 11 is 0. The molecule has 0 atom stereocenters. The Morgan fingerprint density at radius 2 is 1.04 bits per heavy atom. The molecular formula is C20H17O2P. The summed E-state index contributed by atoms with van der Waals surface area (Å²) in [5.41, 5.74) is 0.644. The Bertz CT molecular complexity index is 784. The van der Waals surface area contributed by atoms with Gasteiger partial charge in [0.1, 0.15) is 0 Å². The van der Waals surface area contributed by atoms with Crippen LogP contribution in [0.4, 0.5) is 0 Å². The average Bonchev–Trinajstić information content (AvgIpc) is 2.63. The molecule has 0 aliphatic heterocycles. The van der Waals surface area contributed by atoms with Crippen LogP contribution in [0.2, 0.25) is 0 Å². The number of carbonyl (C=O) groups excluding carboxylic acids is 1. The van der Waals surface area contributed by atoms with E-state index in [0.717, 1.165) is 5.56 Å². The molecule has 0 bridgehead atoms. The molecule has 0 unspecified atom stereocenters. The van der Waals surface area contributed by atoms with Crippen LogP contribution in [0, 0.1) is 0 Å². The molecule has 0 saturated heterocycles. The number of hydrogen-bond donors (Lipinski definition) is 0. The summed E-state index contributed by atoms with van der Waals surface area (Å²) in [5, 5.41) is 1.18. The zero-order valence-corrected chi connectivity index (χ0v) is 13.5. The molecular weight excluding hydrogens is 303 g/mol. The van der Waals surface area contributed by atoms with Crippen molar-refractivity contribution in [3.05, 3.63) is 96.6 Å². The lowest BCUT2D eigenvalue weighted by atomic mass is 10.2. The van der Waals surface area contributed by atoms with Crippen molar-refractivity contribution in [1.82, 2.24) is 0 Å². The number of benzene rings is 3. The van der Waals surface area contributed by atoms with Crippen LogP contribution >= 0.6 is 7.14 Å². The molecule has 3 aromatic rings. The predicted octanol–water partition coefficient (Wildman–Crippen LogP) is 3.77. The van der Waals surface area contributed by atoms with Crippen molar-refractivity contribution in [2.24, 2.45) is 0 Å². The van der Waals surface area contributed by atoms with E-state index in [0.29, 0.717) is 10.6 Å². The van der Waals surface area contributed by atoms with Gasteiger partial charge < -0.3 is 4.57 Å². The summed E-state index contributed by atoms with van der Waals surface area (Å²) in [6, 6.07) is 27.6. The Morgan fingerprint density at radius 3 is 1.48 bits per heavy atom. The third-order valence-electron chi connectivity index (χ3n) is 3.79. The summed E-state index contributed by atoms with van der Waals surface area (Å²) < 4.78 is 13.8. The van der Waals surface area contributed by atoms with Crippen molar-refractivity contribution in [3.63, 3.8) is 0 Å². The van der Waals surface area contributed by atoms with Crippen LogP contribution in [0.25, 0.3) is 0 Å². The maximum Gasteiger partial charge on any atom is 0.205 e. The maximum absolute atomic E-state index is 13.8. The zero-order valence-electron chi connectivity index (χ0n) is 12.6. The molecule has 23 heavy (non-hydrogen) atoms. The Balaban J connectivity index is 2.06. The summed E-state index contributed by atoms with van der Waals surface area (Å²) in [7, 11) is -3.32. The number of carbonyl (C=O) groups is 1. The van der Waals surface area contributed by atoms with Crippen LogP contribution in [0.1, 0.15) is 5.56 Å². The monoisotopic (exact) mass is 320 g/mol. The minimum absolute atomic E-state index is 0.169. The fourth-order valence-corrected chi connectivity index (χ4v) is 5.06. The first kappa shape index (κ1) is 15.5. The van der Waals surface area contributed by atoms with E-state index in [1.165, 1.54) is 0 Å². The van der Waals surface area contributed by atoms with E-state index in [1.807, 2.05) is 66.7 Å². The van der Waals surface area contributed by atoms with E-state index < -0.39 is 7.14 Å². The van der Waals surface area contributed by atoms with E-state index in [1.54, 1.807) is 24.3 Å². The van der Waals surface area contributed by atoms with Gasteiger partial charge in [-0.1, -0.05) is 91.0 Å². The molecule has 0 aliphatic rings. The molecule has 2 nitrogen and oxygen atoms in total. The zero-order chi connectivity index (χ0) is 16.1. The highest BCUT2D eigenvalue weighted by Gasteiger charge is 2.35. The Labute approximate surface area is 136 Å². The van der Waals surface area contributed by atoms with Gasteiger partial charge in [-0.05, 0) is 5.56 Å². The SMILES string of the molecule is O=C(Cc1ccccc1)P(=O)(c1ccccc1)c1ccccc1. The van der Waals surface area contributed by atoms with Crippen LogP contribution < -0.4 is 10.6 Å². The highest BCUT2D eigenvalue weighted by Crippen LogP contribution is 2.45. The van der Waals surface area contributed by atoms with Gasteiger partial charge in [-0.25, -0.2) is 0 Å². The van der Waals surface area contributed by atoms with Crippen LogP contribution in [0.15, 0.2) is 91.0 Å². The third-order valence-corrected chi connectivity index (χ3v) is 6.70. The lowest BCUT2D eigenvalue weighted by molar-refractivity contribution is -0.111. The molecule has 0 N–H and O–H groups in total. The van der Waals surface area contributed by atoms with Crippen molar-refractivity contribution in [2.75, 3.05) is 0 Å². The van der Waals surface area contributed by atoms with E-state index in [2.05, 4.69) is 0 Å². The minimum Gasteiger partial charge on any atom is -0.306 e. The van der Waals surface area contributed by atoms with Gasteiger partial charge in [-0.2, -0.15) is 0 Å². The van der Waals surface area contributed by atoms with Gasteiger partial charge in [0.25, 0.3) is 0 Å². The van der Waals surface area contributed by atoms with Gasteiger partial charge in [-0.3, -0.25) is 4.79 Å². The first-order valence-corrected chi connectivity index (χ1v) is 9.20. The molecule has 0 radical (unpaired) electrons. The third kappa shape index (κ3) is 3.18. The highest BCUT2D eigenvalue weighted by molar-refractivity contribution is 7.93. The molecule has 0 heterocycles. The standard InChI is InChI=1S/C20H17O2P/c21-20(16-17-10-4-1-5-11-17)23(22,18-12-6-2-7-13-18)19-14-8-3-9-15-19/h1-15H,16H2. The fourth-order valence-electron chi connectivity index (χ4n) is 2.59. The van der Waals surface area contributed by atoms with E-state index >= 15 is 0 Å². The molecule has 0 aliphatic carbocycles. The van der Waals surface area contributed by atoms with Gasteiger partial charge in [-0.15, -0.1) is 0 Å². The van der Waals surface area contributed by atoms with Crippen molar-refractivity contribution in [1.29, 1.82) is 0 Å². The Kier molecular flexibility index (Phi) is 4.55. The number of rotatable bonds is 5. The average molecular weight is 320 g/mol. The van der Waals surface area contributed by atoms with E-state index in [4.69, 9.17) is 0 Å². The second-order valence-electron chi connectivity index (χ2n) is 5.34. The lowest BCUT2D eigenvalue weighted by Gasteiger charge is -2.18. The first-order chi connectivity index (χ1) is 11.2. The fraction of sp³-hybridized carbons (Fsp3) is 0.0500.